The van der Waals surface area contributed by atoms with E-state index in [1.54, 1.807) is 17.7 Å². The summed E-state index contributed by atoms with van der Waals surface area (Å²) in [6.45, 7) is 5.50. The van der Waals surface area contributed by atoms with E-state index >= 15 is 0 Å². The van der Waals surface area contributed by atoms with Gasteiger partial charge in [-0.3, -0.25) is 0 Å². The van der Waals surface area contributed by atoms with Gasteiger partial charge in [0.05, 0.1) is 23.4 Å². The first-order valence-electron chi connectivity index (χ1n) is 10.1. The number of nitrogens with zero attached hydrogens (tertiary/aromatic N) is 5. The van der Waals surface area contributed by atoms with Crippen molar-refractivity contribution in [1.82, 2.24) is 19.8 Å². The van der Waals surface area contributed by atoms with E-state index in [-0.39, 0.29) is 6.03 Å². The summed E-state index contributed by atoms with van der Waals surface area (Å²) in [5.41, 5.74) is 2.07. The zero-order valence-corrected chi connectivity index (χ0v) is 18.0. The first kappa shape index (κ1) is 19.5. The minimum absolute atomic E-state index is 0.118. The van der Waals surface area contributed by atoms with Crippen LogP contribution in [0.25, 0.3) is 20.7 Å². The number of amides is 2. The van der Waals surface area contributed by atoms with Crippen LogP contribution in [0.1, 0.15) is 0 Å². The van der Waals surface area contributed by atoms with E-state index in [9.17, 15) is 4.79 Å². The Kier molecular flexibility index (Phi) is 5.45. The Labute approximate surface area is 183 Å². The number of hydrogen-bond donors (Lipinski definition) is 0. The van der Waals surface area contributed by atoms with Crippen molar-refractivity contribution < 1.29 is 9.53 Å². The Hall–Kier alpha value is -2.42. The van der Waals surface area contributed by atoms with Gasteiger partial charge in [-0.15, -0.1) is 11.3 Å². The van der Waals surface area contributed by atoms with Gasteiger partial charge in [0.25, 0.3) is 0 Å². The van der Waals surface area contributed by atoms with Crippen molar-refractivity contribution in [3.05, 3.63) is 41.7 Å². The molecule has 2 aromatic heterocycles. The van der Waals surface area contributed by atoms with Gasteiger partial charge in [-0.1, -0.05) is 23.7 Å². The second kappa shape index (κ2) is 8.37. The SMILES string of the molecule is O=C(N1CCOCC1)N1CCN(c2ncnc3cc(-c4ccc(Cl)cc4)sc23)CC1. The molecule has 4 heterocycles. The van der Waals surface area contributed by atoms with E-state index < -0.39 is 0 Å². The van der Waals surface area contributed by atoms with Crippen molar-refractivity contribution in [3.63, 3.8) is 0 Å². The molecule has 0 bridgehead atoms. The molecular formula is C21H22ClN5O2S. The highest BCUT2D eigenvalue weighted by Crippen LogP contribution is 2.37. The third-order valence-corrected chi connectivity index (χ3v) is 6.97. The number of aromatic nitrogens is 2. The Balaban J connectivity index is 1.33. The fourth-order valence-corrected chi connectivity index (χ4v) is 5.15. The van der Waals surface area contributed by atoms with E-state index in [0.29, 0.717) is 39.4 Å². The van der Waals surface area contributed by atoms with Crippen LogP contribution in [0.4, 0.5) is 10.6 Å². The number of fused-ring (bicyclic) bond motifs is 1. The second-order valence-corrected chi connectivity index (χ2v) is 8.87. The Morgan fingerprint density at radius 1 is 0.967 bits per heavy atom. The first-order valence-corrected chi connectivity index (χ1v) is 11.3. The molecule has 7 nitrogen and oxygen atoms in total. The largest absolute Gasteiger partial charge is 0.378 e. The predicted molar refractivity (Wildman–Crippen MR) is 119 cm³/mol. The van der Waals surface area contributed by atoms with Crippen LogP contribution in [-0.4, -0.2) is 78.3 Å². The predicted octanol–water partition coefficient (Wildman–Crippen LogP) is 3.59. The van der Waals surface area contributed by atoms with Gasteiger partial charge in [0.2, 0.25) is 0 Å². The number of rotatable bonds is 2. The summed E-state index contributed by atoms with van der Waals surface area (Å²) in [6.07, 6.45) is 1.63. The summed E-state index contributed by atoms with van der Waals surface area (Å²) in [4.78, 5) is 29.0. The fraction of sp³-hybridized carbons (Fsp3) is 0.381. The lowest BCUT2D eigenvalue weighted by Crippen LogP contribution is -2.55. The molecule has 9 heteroatoms. The van der Waals surface area contributed by atoms with Crippen LogP contribution in [0, 0.1) is 0 Å². The Morgan fingerprint density at radius 2 is 1.67 bits per heavy atom. The molecule has 5 rings (SSSR count). The molecule has 2 fully saturated rings. The maximum Gasteiger partial charge on any atom is 0.320 e. The third kappa shape index (κ3) is 3.82. The first-order chi connectivity index (χ1) is 14.7. The molecule has 2 saturated heterocycles. The van der Waals surface area contributed by atoms with Gasteiger partial charge in [0.1, 0.15) is 12.1 Å². The average molecular weight is 444 g/mol. The van der Waals surface area contributed by atoms with Gasteiger partial charge in [-0.05, 0) is 23.8 Å². The monoisotopic (exact) mass is 443 g/mol. The van der Waals surface area contributed by atoms with E-state index in [0.717, 1.165) is 44.6 Å². The average Bonchev–Trinajstić information content (AvgIpc) is 3.24. The Bertz CT molecular complexity index is 1040. The van der Waals surface area contributed by atoms with Crippen LogP contribution in [0.15, 0.2) is 36.7 Å². The summed E-state index contributed by atoms with van der Waals surface area (Å²) in [5.74, 6) is 0.948. The smallest absolute Gasteiger partial charge is 0.320 e. The van der Waals surface area contributed by atoms with Gasteiger partial charge < -0.3 is 19.4 Å². The Morgan fingerprint density at radius 3 is 2.40 bits per heavy atom. The topological polar surface area (TPSA) is 61.8 Å². The second-order valence-electron chi connectivity index (χ2n) is 7.39. The molecule has 0 aliphatic carbocycles. The van der Waals surface area contributed by atoms with Crippen molar-refractivity contribution in [2.45, 2.75) is 0 Å². The molecule has 0 atom stereocenters. The minimum atomic E-state index is 0.118. The fourth-order valence-electron chi connectivity index (χ4n) is 3.89. The van der Waals surface area contributed by atoms with Gasteiger partial charge in [-0.25, -0.2) is 14.8 Å². The van der Waals surface area contributed by atoms with Crippen molar-refractivity contribution in [1.29, 1.82) is 0 Å². The normalized spacial score (nSPS) is 17.6. The van der Waals surface area contributed by atoms with Crippen LogP contribution in [0.2, 0.25) is 5.02 Å². The third-order valence-electron chi connectivity index (χ3n) is 5.55. The maximum atomic E-state index is 12.7. The van der Waals surface area contributed by atoms with Crippen molar-refractivity contribution in [3.8, 4) is 10.4 Å². The molecule has 0 radical (unpaired) electrons. The summed E-state index contributed by atoms with van der Waals surface area (Å²) in [6, 6.07) is 10.1. The highest BCUT2D eigenvalue weighted by molar-refractivity contribution is 7.22. The number of carbonyl (C=O) groups is 1. The van der Waals surface area contributed by atoms with E-state index in [4.69, 9.17) is 16.3 Å². The number of morpholine rings is 1. The number of carbonyl (C=O) groups excluding carboxylic acids is 1. The lowest BCUT2D eigenvalue weighted by atomic mass is 10.2. The summed E-state index contributed by atoms with van der Waals surface area (Å²) < 4.78 is 6.43. The number of thiophene rings is 1. The van der Waals surface area contributed by atoms with Crippen molar-refractivity contribution in [2.75, 3.05) is 57.4 Å². The number of ether oxygens (including phenoxy) is 1. The molecule has 2 amide bonds. The molecular weight excluding hydrogens is 422 g/mol. The molecule has 0 spiro atoms. The minimum Gasteiger partial charge on any atom is -0.378 e. The van der Waals surface area contributed by atoms with E-state index in [2.05, 4.69) is 20.9 Å². The highest BCUT2D eigenvalue weighted by atomic mass is 35.5. The van der Waals surface area contributed by atoms with Crippen LogP contribution in [-0.2, 0) is 4.74 Å². The van der Waals surface area contributed by atoms with Crippen LogP contribution in [0.3, 0.4) is 0 Å². The molecule has 0 saturated carbocycles. The number of halogens is 1. The molecule has 2 aliphatic rings. The highest BCUT2D eigenvalue weighted by Gasteiger charge is 2.27. The van der Waals surface area contributed by atoms with Gasteiger partial charge >= 0.3 is 6.03 Å². The molecule has 30 heavy (non-hydrogen) atoms. The van der Waals surface area contributed by atoms with E-state index in [1.807, 2.05) is 34.1 Å². The summed E-state index contributed by atoms with van der Waals surface area (Å²) in [5, 5.41) is 0.727. The van der Waals surface area contributed by atoms with Crippen molar-refractivity contribution >= 4 is 45.0 Å². The standard InChI is InChI=1S/C21H22ClN5O2S/c22-16-3-1-15(2-4-16)18-13-17-19(30-18)20(24-14-23-17)25-5-7-26(8-6-25)21(28)27-9-11-29-12-10-27/h1-4,13-14H,5-12H2. The number of hydrogen-bond acceptors (Lipinski definition) is 6. The number of piperazine rings is 1. The molecule has 0 N–H and O–H groups in total. The number of anilines is 1. The van der Waals surface area contributed by atoms with Crippen LogP contribution >= 0.6 is 22.9 Å². The lowest BCUT2D eigenvalue weighted by Gasteiger charge is -2.38. The number of urea groups is 1. The molecule has 156 valence electrons. The lowest BCUT2D eigenvalue weighted by molar-refractivity contribution is 0.0428. The van der Waals surface area contributed by atoms with Crippen molar-refractivity contribution in [2.24, 2.45) is 0 Å². The van der Waals surface area contributed by atoms with Gasteiger partial charge in [0.15, 0.2) is 0 Å². The number of benzene rings is 1. The quantitative estimate of drug-likeness (QED) is 0.605. The molecule has 3 aromatic rings. The molecule has 2 aliphatic heterocycles. The summed E-state index contributed by atoms with van der Waals surface area (Å²) >= 11 is 7.72. The van der Waals surface area contributed by atoms with E-state index in [1.165, 1.54) is 0 Å². The zero-order chi connectivity index (χ0) is 20.5. The van der Waals surface area contributed by atoms with Gasteiger partial charge in [0, 0.05) is 49.2 Å². The summed E-state index contributed by atoms with van der Waals surface area (Å²) in [7, 11) is 0. The van der Waals surface area contributed by atoms with Crippen LogP contribution in [0.5, 0.6) is 0 Å². The van der Waals surface area contributed by atoms with Gasteiger partial charge in [-0.2, -0.15) is 0 Å². The maximum absolute atomic E-state index is 12.7. The zero-order valence-electron chi connectivity index (χ0n) is 16.5. The van der Waals surface area contributed by atoms with Crippen LogP contribution < -0.4 is 4.90 Å². The molecule has 1 aromatic carbocycles. The molecule has 0 unspecified atom stereocenters.